The Morgan fingerprint density at radius 2 is 0.961 bits per heavy atom. The van der Waals surface area contributed by atoms with Gasteiger partial charge in [0.25, 0.3) is 10.1 Å². The SMILES string of the molecule is COc1nc(Nc2ccccc2)nc(Nc2ccc(C=Cc3ccc(Nc4nc(Nc5ccccc5)nc(OC)n4)cc3S(=O)(=O)O)cc2)n1.[NaH]. The molecule has 0 aliphatic carbocycles. The summed E-state index contributed by atoms with van der Waals surface area (Å²) in [5.41, 5.74) is 3.56. The first-order chi connectivity index (χ1) is 24.2. The minimum atomic E-state index is -4.61. The number of anilines is 8. The molecule has 5 N–H and O–H groups in total. The maximum atomic E-state index is 12.4. The zero-order valence-electron chi connectivity index (χ0n) is 26.6. The quantitative estimate of drug-likeness (QED) is 0.0545. The molecule has 15 nitrogen and oxygen atoms in total. The summed E-state index contributed by atoms with van der Waals surface area (Å²) in [5.74, 6) is 0.871. The number of benzene rings is 4. The van der Waals surface area contributed by atoms with E-state index in [1.165, 1.54) is 20.3 Å². The fourth-order valence-corrected chi connectivity index (χ4v) is 5.23. The summed E-state index contributed by atoms with van der Waals surface area (Å²) in [7, 11) is -1.72. The van der Waals surface area contributed by atoms with Crippen LogP contribution in [0.5, 0.6) is 12.0 Å². The van der Waals surface area contributed by atoms with Gasteiger partial charge in [-0.2, -0.15) is 38.3 Å². The molecule has 2 heterocycles. The summed E-state index contributed by atoms with van der Waals surface area (Å²) in [6.07, 6.45) is 3.30. The van der Waals surface area contributed by atoms with E-state index in [-0.39, 0.29) is 69.9 Å². The van der Waals surface area contributed by atoms with Crippen molar-refractivity contribution < 1.29 is 22.4 Å². The van der Waals surface area contributed by atoms with Crippen molar-refractivity contribution in [2.75, 3.05) is 35.5 Å². The summed E-state index contributed by atoms with van der Waals surface area (Å²) < 4.78 is 45.3. The van der Waals surface area contributed by atoms with Gasteiger partial charge in [0.1, 0.15) is 4.90 Å². The summed E-state index contributed by atoms with van der Waals surface area (Å²) in [6.45, 7) is 0. The normalized spacial score (nSPS) is 11.0. The van der Waals surface area contributed by atoms with Crippen LogP contribution in [-0.4, -0.2) is 86.7 Å². The van der Waals surface area contributed by atoms with Gasteiger partial charge in [0.05, 0.1) is 14.2 Å². The monoisotopic (exact) mass is 714 g/mol. The Hall–Kier alpha value is -5.65. The molecule has 0 spiro atoms. The topological polar surface area (TPSA) is 198 Å². The number of rotatable bonds is 13. The zero-order chi connectivity index (χ0) is 34.9. The second kappa shape index (κ2) is 16.8. The molecule has 0 fully saturated rings. The fraction of sp³-hybridized carbons (Fsp3) is 0.0588. The van der Waals surface area contributed by atoms with E-state index in [0.717, 1.165) is 16.9 Å². The number of ether oxygens (including phenoxy) is 2. The zero-order valence-corrected chi connectivity index (χ0v) is 27.5. The molecule has 0 unspecified atom stereocenters. The Kier molecular flexibility index (Phi) is 12.1. The molecular weight excluding hydrogens is 683 g/mol. The second-order valence-corrected chi connectivity index (χ2v) is 11.7. The number of para-hydroxylation sites is 2. The summed E-state index contributed by atoms with van der Waals surface area (Å²) in [6, 6.07) is 30.6. The van der Waals surface area contributed by atoms with Crippen LogP contribution in [0.25, 0.3) is 12.2 Å². The molecule has 0 atom stereocenters. The number of aromatic nitrogens is 6. The van der Waals surface area contributed by atoms with Gasteiger partial charge in [-0.05, 0) is 59.7 Å². The Morgan fingerprint density at radius 3 is 1.39 bits per heavy atom. The van der Waals surface area contributed by atoms with Gasteiger partial charge in [0.2, 0.25) is 23.8 Å². The Balaban J connectivity index is 0.00000504. The van der Waals surface area contributed by atoms with Crippen LogP contribution < -0.4 is 30.7 Å². The van der Waals surface area contributed by atoms with Crippen molar-refractivity contribution in [2.24, 2.45) is 0 Å². The van der Waals surface area contributed by atoms with E-state index in [2.05, 4.69) is 51.2 Å². The molecule has 254 valence electrons. The van der Waals surface area contributed by atoms with E-state index in [1.807, 2.05) is 72.8 Å². The molecule has 0 aliphatic heterocycles. The van der Waals surface area contributed by atoms with Crippen LogP contribution in [0.1, 0.15) is 11.1 Å². The van der Waals surface area contributed by atoms with Crippen molar-refractivity contribution >= 4 is 98.4 Å². The molecule has 0 saturated heterocycles. The molecule has 0 aliphatic rings. The van der Waals surface area contributed by atoms with Crippen molar-refractivity contribution in [1.82, 2.24) is 29.9 Å². The minimum absolute atomic E-state index is 0. The number of hydrogen-bond donors (Lipinski definition) is 5. The van der Waals surface area contributed by atoms with Crippen LogP contribution in [0.3, 0.4) is 0 Å². The van der Waals surface area contributed by atoms with Crippen molar-refractivity contribution in [2.45, 2.75) is 4.90 Å². The Morgan fingerprint density at radius 1 is 0.549 bits per heavy atom. The van der Waals surface area contributed by atoms with Crippen LogP contribution >= 0.6 is 0 Å². The van der Waals surface area contributed by atoms with Gasteiger partial charge in [-0.15, -0.1) is 0 Å². The first-order valence-corrected chi connectivity index (χ1v) is 16.4. The van der Waals surface area contributed by atoms with Gasteiger partial charge < -0.3 is 30.7 Å². The molecule has 51 heavy (non-hydrogen) atoms. The summed E-state index contributed by atoms with van der Waals surface area (Å²) in [5, 5.41) is 12.3. The van der Waals surface area contributed by atoms with E-state index >= 15 is 0 Å². The van der Waals surface area contributed by atoms with Crippen LogP contribution in [0.15, 0.2) is 108 Å². The van der Waals surface area contributed by atoms with E-state index in [1.54, 1.807) is 36.4 Å². The van der Waals surface area contributed by atoms with E-state index in [0.29, 0.717) is 17.3 Å². The molecule has 17 heteroatoms. The molecular formula is C34H31N10NaO5S. The second-order valence-electron chi connectivity index (χ2n) is 10.4. The van der Waals surface area contributed by atoms with Gasteiger partial charge in [-0.1, -0.05) is 66.7 Å². The van der Waals surface area contributed by atoms with E-state index in [4.69, 9.17) is 9.47 Å². The predicted molar refractivity (Wildman–Crippen MR) is 198 cm³/mol. The van der Waals surface area contributed by atoms with Crippen LogP contribution in [0.4, 0.5) is 46.5 Å². The first-order valence-electron chi connectivity index (χ1n) is 14.9. The summed E-state index contributed by atoms with van der Waals surface area (Å²) >= 11 is 0. The van der Waals surface area contributed by atoms with Gasteiger partial charge >= 0.3 is 41.6 Å². The number of hydrogen-bond acceptors (Lipinski definition) is 14. The molecule has 0 amide bonds. The van der Waals surface area contributed by atoms with Crippen LogP contribution in [0.2, 0.25) is 0 Å². The molecule has 0 saturated carbocycles. The maximum absolute atomic E-state index is 12.4. The molecule has 2 aromatic heterocycles. The standard InChI is InChI=1S/C34H30N10O5S.Na.H/c1-48-33-41-29(35-24-9-5-3-6-10-24)39-31(43-33)37-26-18-14-22(15-19-26)13-16-23-17-20-27(21-28(23)50(45,46)47)38-32-40-30(42-34(44-32)49-2)36-25-11-7-4-8-12-25;;/h3-21H,1-2H3,(H,45,46,47)(H2,35,37,39,41,43)(H2,36,38,40,42,44);;. The van der Waals surface area contributed by atoms with Gasteiger partial charge in [-0.25, -0.2) is 0 Å². The van der Waals surface area contributed by atoms with Gasteiger partial charge in [0, 0.05) is 22.7 Å². The molecule has 4 aromatic carbocycles. The van der Waals surface area contributed by atoms with Crippen LogP contribution in [0, 0.1) is 0 Å². The van der Waals surface area contributed by atoms with Crippen LogP contribution in [-0.2, 0) is 10.1 Å². The Bertz CT molecular complexity index is 2230. The van der Waals surface area contributed by atoms with Crippen molar-refractivity contribution in [3.8, 4) is 12.0 Å². The first kappa shape index (κ1) is 36.6. The molecule has 6 aromatic rings. The third kappa shape index (κ3) is 10.2. The van der Waals surface area contributed by atoms with Gasteiger partial charge in [0.15, 0.2) is 0 Å². The van der Waals surface area contributed by atoms with E-state index < -0.39 is 10.1 Å². The Labute approximate surface area is 315 Å². The number of nitrogens with zero attached hydrogens (tertiary/aromatic N) is 6. The fourth-order valence-electron chi connectivity index (χ4n) is 4.52. The summed E-state index contributed by atoms with van der Waals surface area (Å²) in [4.78, 5) is 25.4. The van der Waals surface area contributed by atoms with Crippen molar-refractivity contribution in [3.05, 3.63) is 114 Å². The predicted octanol–water partition coefficient (Wildman–Crippen LogP) is 5.82. The molecule has 0 bridgehead atoms. The van der Waals surface area contributed by atoms with Crippen molar-refractivity contribution in [1.29, 1.82) is 0 Å². The molecule has 6 rings (SSSR count). The van der Waals surface area contributed by atoms with E-state index in [9.17, 15) is 13.0 Å². The third-order valence-corrected chi connectivity index (χ3v) is 7.73. The van der Waals surface area contributed by atoms with Gasteiger partial charge in [-0.3, -0.25) is 4.55 Å². The average molecular weight is 715 g/mol. The van der Waals surface area contributed by atoms with Crippen molar-refractivity contribution in [3.63, 3.8) is 0 Å². The average Bonchev–Trinajstić information content (AvgIpc) is 3.12. The number of methoxy groups -OCH3 is 2. The third-order valence-electron chi connectivity index (χ3n) is 6.82. The molecule has 0 radical (unpaired) electrons. The number of nitrogens with one attached hydrogen (secondary N) is 4.